The monoisotopic (exact) mass is 574 g/mol. The Bertz CT molecular complexity index is 1060. The molecule has 2 aliphatic heterocycles. The minimum atomic E-state index is -0.287. The lowest BCUT2D eigenvalue weighted by Gasteiger charge is -2.18. The number of ether oxygens (including phenoxy) is 2. The van der Waals surface area contributed by atoms with Crippen molar-refractivity contribution in [2.45, 2.75) is 90.3 Å². The highest BCUT2D eigenvalue weighted by atomic mass is 16.6. The Labute approximate surface area is 250 Å². The molecule has 2 aliphatic rings. The lowest BCUT2D eigenvalue weighted by Crippen LogP contribution is -2.34. The molecular formula is C34H46N4O4. The van der Waals surface area contributed by atoms with E-state index in [1.54, 1.807) is 9.80 Å². The van der Waals surface area contributed by atoms with Gasteiger partial charge in [-0.25, -0.2) is 9.59 Å². The highest BCUT2D eigenvalue weighted by Crippen LogP contribution is 2.17. The van der Waals surface area contributed by atoms with Gasteiger partial charge in [0.2, 0.25) is 0 Å². The topological polar surface area (TPSA) is 83.8 Å². The molecule has 42 heavy (non-hydrogen) atoms. The standard InChI is InChI=1S/C34H46N4O4/c39-33(41-27-29-17-11-9-12-18-29)37-25-23-35-31(37)21-15-7-5-3-1-2-4-6-8-16-22-32-36-24-26-38(32)34(40)42-28-30-19-13-10-14-20-30/h9-14,17-20H,1-8,15-16,21-28H2. The molecule has 0 N–H and O–H groups in total. The zero-order valence-corrected chi connectivity index (χ0v) is 24.9. The number of nitrogens with zero attached hydrogens (tertiary/aromatic N) is 4. The van der Waals surface area contributed by atoms with E-state index in [0.717, 1.165) is 61.3 Å². The fourth-order valence-corrected chi connectivity index (χ4v) is 5.38. The summed E-state index contributed by atoms with van der Waals surface area (Å²) in [5.41, 5.74) is 1.99. The summed E-state index contributed by atoms with van der Waals surface area (Å²) in [4.78, 5) is 37.5. The van der Waals surface area contributed by atoms with E-state index in [4.69, 9.17) is 9.47 Å². The molecule has 2 aromatic carbocycles. The van der Waals surface area contributed by atoms with Crippen LogP contribution in [0.25, 0.3) is 0 Å². The van der Waals surface area contributed by atoms with Gasteiger partial charge in [-0.2, -0.15) is 0 Å². The molecule has 2 amide bonds. The van der Waals surface area contributed by atoms with E-state index in [0.29, 0.717) is 39.4 Å². The fraction of sp³-hybridized carbons (Fsp3) is 0.529. The predicted octanol–water partition coefficient (Wildman–Crippen LogP) is 7.77. The van der Waals surface area contributed by atoms with Gasteiger partial charge in [0.05, 0.1) is 26.2 Å². The second-order valence-corrected chi connectivity index (χ2v) is 11.0. The number of aliphatic imine (C=N–C) groups is 2. The number of amides is 2. The van der Waals surface area contributed by atoms with Gasteiger partial charge in [-0.3, -0.25) is 19.8 Å². The van der Waals surface area contributed by atoms with Gasteiger partial charge in [0, 0.05) is 12.8 Å². The Morgan fingerprint density at radius 3 is 1.29 bits per heavy atom. The molecule has 8 nitrogen and oxygen atoms in total. The Balaban J connectivity index is 0.963. The number of carbonyl (C=O) groups is 2. The van der Waals surface area contributed by atoms with Gasteiger partial charge in [0.1, 0.15) is 24.9 Å². The van der Waals surface area contributed by atoms with Gasteiger partial charge >= 0.3 is 12.2 Å². The van der Waals surface area contributed by atoms with Crippen LogP contribution in [0.1, 0.15) is 88.2 Å². The quantitative estimate of drug-likeness (QED) is 0.181. The average Bonchev–Trinajstić information content (AvgIpc) is 3.70. The summed E-state index contributed by atoms with van der Waals surface area (Å²) in [5.74, 6) is 1.76. The molecular weight excluding hydrogens is 528 g/mol. The normalized spacial score (nSPS) is 14.6. The smallest absolute Gasteiger partial charge is 0.415 e. The molecule has 0 atom stereocenters. The zero-order chi connectivity index (χ0) is 29.2. The van der Waals surface area contributed by atoms with Crippen LogP contribution >= 0.6 is 0 Å². The molecule has 0 bridgehead atoms. The number of amidine groups is 2. The number of benzene rings is 2. The van der Waals surface area contributed by atoms with Crippen molar-refractivity contribution in [1.29, 1.82) is 0 Å². The van der Waals surface area contributed by atoms with Crippen molar-refractivity contribution in [3.8, 4) is 0 Å². The number of hydrogen-bond donors (Lipinski definition) is 0. The minimum absolute atomic E-state index is 0.287. The van der Waals surface area contributed by atoms with Crippen LogP contribution in [0.15, 0.2) is 70.6 Å². The number of carbonyl (C=O) groups excluding carboxylic acids is 2. The highest BCUT2D eigenvalue weighted by Gasteiger charge is 2.25. The highest BCUT2D eigenvalue weighted by molar-refractivity contribution is 5.97. The minimum Gasteiger partial charge on any atom is -0.444 e. The SMILES string of the molecule is O=C(OCc1ccccc1)N1CCN=C1CCCCCCCCCCCCC1=NCCN1C(=O)OCc1ccccc1. The Hall–Kier alpha value is -3.68. The van der Waals surface area contributed by atoms with Crippen LogP contribution in [0, 0.1) is 0 Å². The fourth-order valence-electron chi connectivity index (χ4n) is 5.38. The molecule has 0 radical (unpaired) electrons. The van der Waals surface area contributed by atoms with Crippen LogP contribution in [0.4, 0.5) is 9.59 Å². The first-order valence-electron chi connectivity index (χ1n) is 15.7. The van der Waals surface area contributed by atoms with Crippen molar-refractivity contribution < 1.29 is 19.1 Å². The molecule has 0 aliphatic carbocycles. The van der Waals surface area contributed by atoms with Gasteiger partial charge in [-0.1, -0.05) is 112 Å². The maximum atomic E-state index is 12.5. The first kappa shape index (κ1) is 31.3. The third-order valence-electron chi connectivity index (χ3n) is 7.76. The maximum absolute atomic E-state index is 12.5. The van der Waals surface area contributed by atoms with Gasteiger partial charge in [-0.15, -0.1) is 0 Å². The summed E-state index contributed by atoms with van der Waals surface area (Å²) >= 11 is 0. The third kappa shape index (κ3) is 10.6. The van der Waals surface area contributed by atoms with Crippen molar-refractivity contribution in [3.05, 3.63) is 71.8 Å². The van der Waals surface area contributed by atoms with Crippen LogP contribution < -0.4 is 0 Å². The Kier molecular flexibility index (Phi) is 13.4. The van der Waals surface area contributed by atoms with Crippen molar-refractivity contribution in [3.63, 3.8) is 0 Å². The first-order chi connectivity index (χ1) is 20.7. The summed E-state index contributed by atoms with van der Waals surface area (Å²) in [6.45, 7) is 3.17. The van der Waals surface area contributed by atoms with Gasteiger partial charge < -0.3 is 9.47 Å². The average molecular weight is 575 g/mol. The summed E-state index contributed by atoms with van der Waals surface area (Å²) in [5, 5.41) is 0. The van der Waals surface area contributed by atoms with Crippen molar-refractivity contribution in [2.24, 2.45) is 9.98 Å². The summed E-state index contributed by atoms with van der Waals surface area (Å²) in [6.07, 6.45) is 13.1. The molecule has 2 heterocycles. The van der Waals surface area contributed by atoms with Gasteiger partial charge in [0.25, 0.3) is 0 Å². The summed E-state index contributed by atoms with van der Waals surface area (Å²) in [6, 6.07) is 19.5. The van der Waals surface area contributed by atoms with E-state index in [2.05, 4.69) is 9.98 Å². The van der Waals surface area contributed by atoms with Gasteiger partial charge in [-0.05, 0) is 24.0 Å². The molecule has 0 spiro atoms. The molecule has 4 rings (SSSR count). The second kappa shape index (κ2) is 18.0. The Morgan fingerprint density at radius 2 is 0.905 bits per heavy atom. The van der Waals surface area contributed by atoms with Crippen LogP contribution in [-0.2, 0) is 22.7 Å². The largest absolute Gasteiger partial charge is 0.444 e. The zero-order valence-electron chi connectivity index (χ0n) is 24.9. The molecule has 0 fully saturated rings. The van der Waals surface area contributed by atoms with Crippen LogP contribution in [0.2, 0.25) is 0 Å². The number of rotatable bonds is 17. The van der Waals surface area contributed by atoms with Crippen LogP contribution in [-0.4, -0.2) is 59.8 Å². The van der Waals surface area contributed by atoms with E-state index < -0.39 is 0 Å². The first-order valence-corrected chi connectivity index (χ1v) is 15.7. The predicted molar refractivity (Wildman–Crippen MR) is 167 cm³/mol. The molecule has 226 valence electrons. The molecule has 8 heteroatoms. The lowest BCUT2D eigenvalue weighted by atomic mass is 10.0. The maximum Gasteiger partial charge on any atom is 0.415 e. The van der Waals surface area contributed by atoms with E-state index in [1.807, 2.05) is 60.7 Å². The van der Waals surface area contributed by atoms with Crippen molar-refractivity contribution in [2.75, 3.05) is 26.2 Å². The van der Waals surface area contributed by atoms with Gasteiger partial charge in [0.15, 0.2) is 0 Å². The van der Waals surface area contributed by atoms with E-state index >= 15 is 0 Å². The van der Waals surface area contributed by atoms with Crippen molar-refractivity contribution >= 4 is 23.9 Å². The van der Waals surface area contributed by atoms with E-state index in [1.165, 1.54) is 38.5 Å². The lowest BCUT2D eigenvalue weighted by molar-refractivity contribution is 0.117. The summed E-state index contributed by atoms with van der Waals surface area (Å²) < 4.78 is 11.0. The summed E-state index contributed by atoms with van der Waals surface area (Å²) in [7, 11) is 0. The number of unbranched alkanes of at least 4 members (excludes halogenated alkanes) is 9. The molecule has 2 aromatic rings. The molecule has 0 saturated heterocycles. The molecule has 0 aromatic heterocycles. The Morgan fingerprint density at radius 1 is 0.548 bits per heavy atom. The number of hydrogen-bond acceptors (Lipinski definition) is 6. The van der Waals surface area contributed by atoms with Crippen LogP contribution in [0.5, 0.6) is 0 Å². The molecule has 0 unspecified atom stereocenters. The third-order valence-corrected chi connectivity index (χ3v) is 7.76. The molecule has 0 saturated carbocycles. The second-order valence-electron chi connectivity index (χ2n) is 11.0. The van der Waals surface area contributed by atoms with Crippen LogP contribution in [0.3, 0.4) is 0 Å². The van der Waals surface area contributed by atoms with Crippen molar-refractivity contribution in [1.82, 2.24) is 9.80 Å². The van der Waals surface area contributed by atoms with E-state index in [9.17, 15) is 9.59 Å². The van der Waals surface area contributed by atoms with E-state index in [-0.39, 0.29) is 12.2 Å².